The largest absolute Gasteiger partial charge is 0.465 e. The molecule has 116 valence electrons. The number of alkyl halides is 3. The maximum atomic E-state index is 12.4. The van der Waals surface area contributed by atoms with Gasteiger partial charge in [0.05, 0.1) is 5.69 Å². The molecule has 0 aliphatic rings. The van der Waals surface area contributed by atoms with Gasteiger partial charge in [0.25, 0.3) is 0 Å². The van der Waals surface area contributed by atoms with Crippen LogP contribution in [0.4, 0.5) is 13.2 Å². The lowest BCUT2D eigenvalue weighted by atomic mass is 10.0. The average molecular weight is 314 g/mol. The minimum absolute atomic E-state index is 0. The summed E-state index contributed by atoms with van der Waals surface area (Å²) in [5.74, 6) is 0.248. The van der Waals surface area contributed by atoms with Gasteiger partial charge in [0, 0.05) is 12.1 Å². The molecule has 1 heterocycles. The van der Waals surface area contributed by atoms with Gasteiger partial charge in [-0.3, -0.25) is 0 Å². The molecule has 20 heavy (non-hydrogen) atoms. The van der Waals surface area contributed by atoms with Crippen LogP contribution in [0, 0.1) is 5.92 Å². The Hall–Kier alpha value is -1.08. The van der Waals surface area contributed by atoms with Gasteiger partial charge < -0.3 is 10.5 Å². The summed E-state index contributed by atoms with van der Waals surface area (Å²) in [7, 11) is 0. The molecular formula is C12H19ClF3N3O. The summed E-state index contributed by atoms with van der Waals surface area (Å²) in [5, 5.41) is 0. The number of rotatable bonds is 5. The second-order valence-electron chi connectivity index (χ2n) is 4.82. The van der Waals surface area contributed by atoms with E-state index in [1.807, 2.05) is 13.8 Å². The molecule has 4 nitrogen and oxygen atoms in total. The number of halogens is 4. The summed E-state index contributed by atoms with van der Waals surface area (Å²) < 4.78 is 41.9. The first-order valence-electron chi connectivity index (χ1n) is 6.01. The third kappa shape index (κ3) is 5.92. The lowest BCUT2D eigenvalue weighted by Gasteiger charge is -2.18. The van der Waals surface area contributed by atoms with E-state index in [9.17, 15) is 13.2 Å². The van der Waals surface area contributed by atoms with Crippen molar-refractivity contribution < 1.29 is 17.9 Å². The van der Waals surface area contributed by atoms with Crippen LogP contribution in [0.5, 0.6) is 5.88 Å². The highest BCUT2D eigenvalue weighted by molar-refractivity contribution is 5.85. The summed E-state index contributed by atoms with van der Waals surface area (Å²) >= 11 is 0. The van der Waals surface area contributed by atoms with Gasteiger partial charge in [-0.1, -0.05) is 13.8 Å². The molecule has 0 fully saturated rings. The zero-order chi connectivity index (χ0) is 14.6. The second kappa shape index (κ2) is 7.64. The molecule has 8 heteroatoms. The monoisotopic (exact) mass is 313 g/mol. The van der Waals surface area contributed by atoms with Gasteiger partial charge in [0.1, 0.15) is 6.33 Å². The van der Waals surface area contributed by atoms with E-state index in [-0.39, 0.29) is 24.3 Å². The van der Waals surface area contributed by atoms with Crippen molar-refractivity contribution in [1.82, 2.24) is 9.97 Å². The fourth-order valence-electron chi connectivity index (χ4n) is 1.50. The van der Waals surface area contributed by atoms with E-state index in [4.69, 9.17) is 10.5 Å². The molecule has 1 aromatic heterocycles. The first kappa shape index (κ1) is 18.9. The van der Waals surface area contributed by atoms with Crippen LogP contribution in [0.15, 0.2) is 12.4 Å². The van der Waals surface area contributed by atoms with Gasteiger partial charge in [-0.25, -0.2) is 9.97 Å². The normalized spacial score (nSPS) is 14.6. The van der Waals surface area contributed by atoms with Crippen molar-refractivity contribution in [3.63, 3.8) is 0 Å². The van der Waals surface area contributed by atoms with Crippen LogP contribution >= 0.6 is 12.4 Å². The minimum Gasteiger partial charge on any atom is -0.465 e. The molecule has 0 spiro atoms. The number of nitrogens with two attached hydrogens (primary N) is 1. The van der Waals surface area contributed by atoms with E-state index in [2.05, 4.69) is 9.97 Å². The van der Waals surface area contributed by atoms with Crippen LogP contribution in [-0.4, -0.2) is 22.2 Å². The Morgan fingerprint density at radius 2 is 1.85 bits per heavy atom. The van der Waals surface area contributed by atoms with E-state index < -0.39 is 12.3 Å². The van der Waals surface area contributed by atoms with Gasteiger partial charge in [0.15, 0.2) is 6.10 Å². The predicted molar refractivity (Wildman–Crippen MR) is 71.8 cm³/mol. The zero-order valence-corrected chi connectivity index (χ0v) is 12.3. The van der Waals surface area contributed by atoms with Crippen molar-refractivity contribution in [3.05, 3.63) is 18.1 Å². The molecular weight excluding hydrogens is 295 g/mol. The van der Waals surface area contributed by atoms with Crippen LogP contribution in [0.3, 0.4) is 0 Å². The Morgan fingerprint density at radius 3 is 2.35 bits per heavy atom. The molecule has 0 amide bonds. The number of ether oxygens (including phenoxy) is 1. The highest BCUT2D eigenvalue weighted by Crippen LogP contribution is 2.25. The number of aromatic nitrogens is 2. The Labute approximate surface area is 122 Å². The highest BCUT2D eigenvalue weighted by atomic mass is 35.5. The molecule has 0 aliphatic heterocycles. The molecule has 0 saturated carbocycles. The smallest absolute Gasteiger partial charge is 0.425 e. The van der Waals surface area contributed by atoms with Crippen molar-refractivity contribution in [1.29, 1.82) is 0 Å². The Morgan fingerprint density at radius 1 is 1.25 bits per heavy atom. The van der Waals surface area contributed by atoms with E-state index >= 15 is 0 Å². The van der Waals surface area contributed by atoms with Gasteiger partial charge in [-0.2, -0.15) is 13.2 Å². The lowest BCUT2D eigenvalue weighted by Crippen LogP contribution is -2.31. The topological polar surface area (TPSA) is 61.0 Å². The minimum atomic E-state index is -4.43. The first-order valence-corrected chi connectivity index (χ1v) is 6.01. The number of hydrogen-bond donors (Lipinski definition) is 1. The van der Waals surface area contributed by atoms with E-state index in [1.165, 1.54) is 6.07 Å². The summed E-state index contributed by atoms with van der Waals surface area (Å²) in [4.78, 5) is 7.63. The van der Waals surface area contributed by atoms with E-state index in [1.54, 1.807) is 0 Å². The average Bonchev–Trinajstić information content (AvgIpc) is 2.27. The van der Waals surface area contributed by atoms with E-state index in [0.29, 0.717) is 18.0 Å². The van der Waals surface area contributed by atoms with Gasteiger partial charge >= 0.3 is 6.18 Å². The maximum absolute atomic E-state index is 12.4. The van der Waals surface area contributed by atoms with Crippen molar-refractivity contribution >= 4 is 12.4 Å². The maximum Gasteiger partial charge on any atom is 0.425 e. The van der Waals surface area contributed by atoms with Crippen molar-refractivity contribution in [2.24, 2.45) is 11.7 Å². The lowest BCUT2D eigenvalue weighted by molar-refractivity contribution is -0.190. The van der Waals surface area contributed by atoms with Crippen molar-refractivity contribution in [3.8, 4) is 5.88 Å². The predicted octanol–water partition coefficient (Wildman–Crippen LogP) is 3.27. The SMILES string of the molecule is CC(C)CC(N)c1cc(O[C@H](C)C(F)(F)F)ncn1.Cl. The molecule has 1 aromatic rings. The third-order valence-electron chi connectivity index (χ3n) is 2.53. The molecule has 0 bridgehead atoms. The molecule has 0 radical (unpaired) electrons. The van der Waals surface area contributed by atoms with Gasteiger partial charge in [0.2, 0.25) is 5.88 Å². The molecule has 1 rings (SSSR count). The quantitative estimate of drug-likeness (QED) is 0.906. The van der Waals surface area contributed by atoms with Crippen molar-refractivity contribution in [2.45, 2.75) is 45.5 Å². The highest BCUT2D eigenvalue weighted by Gasteiger charge is 2.38. The Bertz CT molecular complexity index is 415. The van der Waals surface area contributed by atoms with Crippen LogP contribution in [0.1, 0.15) is 38.9 Å². The zero-order valence-electron chi connectivity index (χ0n) is 11.5. The Balaban J connectivity index is 0.00000361. The third-order valence-corrected chi connectivity index (χ3v) is 2.53. The van der Waals surface area contributed by atoms with Crippen LogP contribution in [0.25, 0.3) is 0 Å². The van der Waals surface area contributed by atoms with Crippen molar-refractivity contribution in [2.75, 3.05) is 0 Å². The summed E-state index contributed by atoms with van der Waals surface area (Å²) in [6.07, 6.45) is -4.50. The first-order chi connectivity index (χ1) is 8.70. The van der Waals surface area contributed by atoms with E-state index in [0.717, 1.165) is 13.3 Å². The Kier molecular flexibility index (Phi) is 7.22. The van der Waals surface area contributed by atoms with Crippen LogP contribution < -0.4 is 10.5 Å². The fraction of sp³-hybridized carbons (Fsp3) is 0.667. The molecule has 1 unspecified atom stereocenters. The fourth-order valence-corrected chi connectivity index (χ4v) is 1.50. The molecule has 2 N–H and O–H groups in total. The van der Waals surface area contributed by atoms with Gasteiger partial charge in [-0.05, 0) is 19.3 Å². The molecule has 2 atom stereocenters. The van der Waals surface area contributed by atoms with Gasteiger partial charge in [-0.15, -0.1) is 12.4 Å². The standard InChI is InChI=1S/C12H18F3N3O.ClH/c1-7(2)4-9(16)10-5-11(18-6-17-10)19-8(3)12(13,14)15;/h5-9H,4,16H2,1-3H3;1H/t8-,9?;/m1./s1. The van der Waals surface area contributed by atoms with Crippen LogP contribution in [-0.2, 0) is 0 Å². The molecule has 0 aliphatic carbocycles. The second-order valence-corrected chi connectivity index (χ2v) is 4.82. The molecule has 0 aromatic carbocycles. The van der Waals surface area contributed by atoms with Crippen LogP contribution in [0.2, 0.25) is 0 Å². The number of hydrogen-bond acceptors (Lipinski definition) is 4. The summed E-state index contributed by atoms with van der Waals surface area (Å²) in [5.41, 5.74) is 6.39. The number of nitrogens with zero attached hydrogens (tertiary/aromatic N) is 2. The molecule has 0 saturated heterocycles. The summed E-state index contributed by atoms with van der Waals surface area (Å²) in [6, 6.07) is 1.02. The summed E-state index contributed by atoms with van der Waals surface area (Å²) in [6.45, 7) is 4.93.